The first kappa shape index (κ1) is 14.8. The van der Waals surface area contributed by atoms with Gasteiger partial charge in [-0.3, -0.25) is 4.79 Å². The second-order valence-corrected chi connectivity index (χ2v) is 7.13. The molecule has 0 fully saturated rings. The molecule has 0 aliphatic rings. The lowest BCUT2D eigenvalue weighted by molar-refractivity contribution is -0.115. The van der Waals surface area contributed by atoms with Crippen molar-refractivity contribution >= 4 is 33.3 Å². The molecule has 0 atom stereocenters. The van der Waals surface area contributed by atoms with Gasteiger partial charge in [0.25, 0.3) is 0 Å². The van der Waals surface area contributed by atoms with Crippen LogP contribution in [0.4, 0.5) is 5.13 Å². The standard InChI is InChI=1S/C17H18N2O2S/c1-17(2,3)14-10-22-16(18-14)19-15(20)8-11-9-21-13-7-5-4-6-12(11)13/h4-7,9-10H,8H2,1-3H3,(H,18,19,20). The summed E-state index contributed by atoms with van der Waals surface area (Å²) in [6.07, 6.45) is 1.92. The van der Waals surface area contributed by atoms with Crippen molar-refractivity contribution in [2.24, 2.45) is 0 Å². The molecule has 3 rings (SSSR count). The summed E-state index contributed by atoms with van der Waals surface area (Å²) in [5.41, 5.74) is 2.66. The average molecular weight is 314 g/mol. The van der Waals surface area contributed by atoms with Gasteiger partial charge < -0.3 is 9.73 Å². The SMILES string of the molecule is CC(C)(C)c1csc(NC(=O)Cc2coc3ccccc23)n1. The van der Waals surface area contributed by atoms with Crippen LogP contribution < -0.4 is 5.32 Å². The zero-order chi connectivity index (χ0) is 15.7. The topological polar surface area (TPSA) is 55.1 Å². The Labute approximate surface area is 133 Å². The number of amides is 1. The predicted octanol–water partition coefficient (Wildman–Crippen LogP) is 4.37. The molecule has 0 spiro atoms. The summed E-state index contributed by atoms with van der Waals surface area (Å²) in [5, 5.41) is 6.47. The number of nitrogens with one attached hydrogen (secondary N) is 1. The van der Waals surface area contributed by atoms with Gasteiger partial charge in [-0.1, -0.05) is 39.0 Å². The maximum Gasteiger partial charge on any atom is 0.230 e. The zero-order valence-electron chi connectivity index (χ0n) is 12.8. The zero-order valence-corrected chi connectivity index (χ0v) is 13.7. The van der Waals surface area contributed by atoms with Crippen LogP contribution in [0.5, 0.6) is 0 Å². The summed E-state index contributed by atoms with van der Waals surface area (Å²) in [6.45, 7) is 6.31. The van der Waals surface area contributed by atoms with Gasteiger partial charge in [-0.2, -0.15) is 0 Å². The van der Waals surface area contributed by atoms with Crippen LogP contribution in [0.25, 0.3) is 11.0 Å². The highest BCUT2D eigenvalue weighted by Gasteiger charge is 2.18. The first-order valence-corrected chi connectivity index (χ1v) is 8.02. The lowest BCUT2D eigenvalue weighted by Gasteiger charge is -2.14. The Hall–Kier alpha value is -2.14. The minimum atomic E-state index is -0.0821. The molecule has 2 aromatic heterocycles. The van der Waals surface area contributed by atoms with Crippen LogP contribution >= 0.6 is 11.3 Å². The van der Waals surface area contributed by atoms with Gasteiger partial charge in [0.2, 0.25) is 5.91 Å². The quantitative estimate of drug-likeness (QED) is 0.781. The van der Waals surface area contributed by atoms with Crippen LogP contribution in [0.2, 0.25) is 0 Å². The Morgan fingerprint density at radius 2 is 2.09 bits per heavy atom. The van der Waals surface area contributed by atoms with E-state index in [0.29, 0.717) is 5.13 Å². The van der Waals surface area contributed by atoms with Crippen LogP contribution in [0.15, 0.2) is 40.3 Å². The number of thiazole rings is 1. The second-order valence-electron chi connectivity index (χ2n) is 6.27. The lowest BCUT2D eigenvalue weighted by atomic mass is 9.93. The molecule has 5 heteroatoms. The van der Waals surface area contributed by atoms with Crippen molar-refractivity contribution in [3.8, 4) is 0 Å². The molecule has 4 nitrogen and oxygen atoms in total. The normalized spacial score (nSPS) is 11.8. The first-order chi connectivity index (χ1) is 10.4. The Morgan fingerprint density at radius 3 is 2.82 bits per heavy atom. The number of hydrogen-bond acceptors (Lipinski definition) is 4. The summed E-state index contributed by atoms with van der Waals surface area (Å²) in [4.78, 5) is 16.7. The highest BCUT2D eigenvalue weighted by Crippen LogP contribution is 2.27. The summed E-state index contributed by atoms with van der Waals surface area (Å²) in [6, 6.07) is 7.71. The Bertz CT molecular complexity index is 811. The van der Waals surface area contributed by atoms with E-state index >= 15 is 0 Å². The molecule has 1 aromatic carbocycles. The minimum absolute atomic E-state index is 0.0137. The largest absolute Gasteiger partial charge is 0.464 e. The van der Waals surface area contributed by atoms with E-state index in [4.69, 9.17) is 4.42 Å². The molecule has 0 unspecified atom stereocenters. The molecule has 0 aliphatic carbocycles. The third-order valence-corrected chi connectivity index (χ3v) is 4.19. The fourth-order valence-electron chi connectivity index (χ4n) is 2.18. The Kier molecular flexibility index (Phi) is 3.74. The molecule has 0 bridgehead atoms. The second kappa shape index (κ2) is 5.57. The fraction of sp³-hybridized carbons (Fsp3) is 0.294. The number of anilines is 1. The summed E-state index contributed by atoms with van der Waals surface area (Å²) < 4.78 is 5.46. The van der Waals surface area contributed by atoms with Gasteiger partial charge in [0.15, 0.2) is 5.13 Å². The van der Waals surface area contributed by atoms with Gasteiger partial charge in [0.05, 0.1) is 18.4 Å². The molecule has 1 N–H and O–H groups in total. The van der Waals surface area contributed by atoms with E-state index in [0.717, 1.165) is 22.2 Å². The monoisotopic (exact) mass is 314 g/mol. The molecule has 0 radical (unpaired) electrons. The molecule has 0 aliphatic heterocycles. The first-order valence-electron chi connectivity index (χ1n) is 7.14. The van der Waals surface area contributed by atoms with Gasteiger partial charge >= 0.3 is 0 Å². The highest BCUT2D eigenvalue weighted by molar-refractivity contribution is 7.13. The van der Waals surface area contributed by atoms with Gasteiger partial charge in [-0.05, 0) is 6.07 Å². The number of fused-ring (bicyclic) bond motifs is 1. The number of carbonyl (C=O) groups is 1. The van der Waals surface area contributed by atoms with Crippen LogP contribution in [-0.4, -0.2) is 10.9 Å². The number of rotatable bonds is 3. The van der Waals surface area contributed by atoms with Crippen molar-refractivity contribution in [1.82, 2.24) is 4.98 Å². The van der Waals surface area contributed by atoms with E-state index in [1.165, 1.54) is 11.3 Å². The fourth-order valence-corrected chi connectivity index (χ4v) is 3.14. The van der Waals surface area contributed by atoms with E-state index in [1.807, 2.05) is 29.6 Å². The lowest BCUT2D eigenvalue weighted by Crippen LogP contribution is -2.15. The number of furan rings is 1. The van der Waals surface area contributed by atoms with Gasteiger partial charge in [-0.15, -0.1) is 11.3 Å². The highest BCUT2D eigenvalue weighted by atomic mass is 32.1. The molecule has 0 saturated carbocycles. The maximum atomic E-state index is 12.2. The van der Waals surface area contributed by atoms with E-state index in [2.05, 4.69) is 31.1 Å². The van der Waals surface area contributed by atoms with Gasteiger partial charge in [-0.25, -0.2) is 4.98 Å². The van der Waals surface area contributed by atoms with Crippen molar-refractivity contribution in [2.75, 3.05) is 5.32 Å². The van der Waals surface area contributed by atoms with Crippen LogP contribution in [0, 0.1) is 0 Å². The van der Waals surface area contributed by atoms with Crippen LogP contribution in [0.1, 0.15) is 32.0 Å². The summed E-state index contributed by atoms with van der Waals surface area (Å²) in [5.74, 6) is -0.0821. The van der Waals surface area contributed by atoms with E-state index in [-0.39, 0.29) is 17.7 Å². The van der Waals surface area contributed by atoms with E-state index < -0.39 is 0 Å². The van der Waals surface area contributed by atoms with Crippen molar-refractivity contribution in [1.29, 1.82) is 0 Å². The molecule has 2 heterocycles. The third-order valence-electron chi connectivity index (χ3n) is 3.43. The van der Waals surface area contributed by atoms with Crippen molar-refractivity contribution in [3.63, 3.8) is 0 Å². The number of carbonyl (C=O) groups excluding carboxylic acids is 1. The molecule has 3 aromatic rings. The van der Waals surface area contributed by atoms with E-state index in [9.17, 15) is 4.79 Å². The molecule has 22 heavy (non-hydrogen) atoms. The van der Waals surface area contributed by atoms with Crippen molar-refractivity contribution in [3.05, 3.63) is 47.2 Å². The number of aromatic nitrogens is 1. The maximum absolute atomic E-state index is 12.2. The van der Waals surface area contributed by atoms with Gasteiger partial charge in [0, 0.05) is 21.7 Å². The molecule has 1 amide bonds. The summed E-state index contributed by atoms with van der Waals surface area (Å²) in [7, 11) is 0. The number of nitrogens with zero attached hydrogens (tertiary/aromatic N) is 1. The third kappa shape index (κ3) is 3.04. The minimum Gasteiger partial charge on any atom is -0.464 e. The number of benzene rings is 1. The van der Waals surface area contributed by atoms with Crippen LogP contribution in [-0.2, 0) is 16.6 Å². The Balaban J connectivity index is 1.71. The summed E-state index contributed by atoms with van der Waals surface area (Å²) >= 11 is 1.45. The van der Waals surface area contributed by atoms with Crippen LogP contribution in [0.3, 0.4) is 0 Å². The molecule has 0 saturated heterocycles. The Morgan fingerprint density at radius 1 is 1.32 bits per heavy atom. The van der Waals surface area contributed by atoms with Gasteiger partial charge in [0.1, 0.15) is 5.58 Å². The molecule has 114 valence electrons. The predicted molar refractivity (Wildman–Crippen MR) is 89.4 cm³/mol. The molecular weight excluding hydrogens is 296 g/mol. The van der Waals surface area contributed by atoms with E-state index in [1.54, 1.807) is 6.26 Å². The molecular formula is C17H18N2O2S. The van der Waals surface area contributed by atoms with Crippen molar-refractivity contribution < 1.29 is 9.21 Å². The number of hydrogen-bond donors (Lipinski definition) is 1. The van der Waals surface area contributed by atoms with Crippen molar-refractivity contribution in [2.45, 2.75) is 32.6 Å². The number of para-hydroxylation sites is 1. The smallest absolute Gasteiger partial charge is 0.230 e. The average Bonchev–Trinajstić information content (AvgIpc) is 3.06.